The molecule has 98 valence electrons. The van der Waals surface area contributed by atoms with E-state index < -0.39 is 0 Å². The van der Waals surface area contributed by atoms with Crippen LogP contribution in [0.5, 0.6) is 5.75 Å². The molecule has 1 amide bonds. The number of aliphatic hydroxyl groups is 1. The molecule has 2 rings (SSSR count). The van der Waals surface area contributed by atoms with Gasteiger partial charge in [-0.1, -0.05) is 12.1 Å². The zero-order valence-electron chi connectivity index (χ0n) is 10.6. The summed E-state index contributed by atoms with van der Waals surface area (Å²) < 4.78 is 5.14. The smallest absolute Gasteiger partial charge is 0.227 e. The number of carbonyl (C=O) groups is 1. The first-order valence-electron chi connectivity index (χ1n) is 6.28. The first kappa shape index (κ1) is 12.9. The van der Waals surface area contributed by atoms with Gasteiger partial charge in [-0.05, 0) is 30.5 Å². The fourth-order valence-electron chi connectivity index (χ4n) is 2.41. The number of hydrogen-bond donors (Lipinski definition) is 1. The van der Waals surface area contributed by atoms with Crippen molar-refractivity contribution >= 4 is 5.91 Å². The molecule has 4 nitrogen and oxygen atoms in total. The molecule has 1 atom stereocenters. The topological polar surface area (TPSA) is 49.8 Å². The Bertz CT molecular complexity index is 419. The van der Waals surface area contributed by atoms with Crippen LogP contribution in [0.4, 0.5) is 0 Å². The Labute approximate surface area is 107 Å². The summed E-state index contributed by atoms with van der Waals surface area (Å²) in [6, 6.07) is 7.55. The van der Waals surface area contributed by atoms with Gasteiger partial charge in [0.05, 0.1) is 26.2 Å². The molecule has 1 aliphatic heterocycles. The van der Waals surface area contributed by atoms with E-state index in [0.29, 0.717) is 6.42 Å². The van der Waals surface area contributed by atoms with E-state index in [1.807, 2.05) is 24.3 Å². The van der Waals surface area contributed by atoms with Crippen molar-refractivity contribution in [2.45, 2.75) is 25.3 Å². The van der Waals surface area contributed by atoms with Gasteiger partial charge in [0.2, 0.25) is 5.91 Å². The van der Waals surface area contributed by atoms with Gasteiger partial charge in [-0.3, -0.25) is 4.79 Å². The molecule has 1 aromatic rings. The van der Waals surface area contributed by atoms with Crippen LogP contribution in [0.15, 0.2) is 24.3 Å². The van der Waals surface area contributed by atoms with Crippen LogP contribution in [0.1, 0.15) is 18.4 Å². The maximum absolute atomic E-state index is 12.2. The normalized spacial score (nSPS) is 19.0. The number of carbonyl (C=O) groups excluding carboxylic acids is 1. The molecular weight excluding hydrogens is 230 g/mol. The van der Waals surface area contributed by atoms with Gasteiger partial charge in [-0.25, -0.2) is 0 Å². The number of likely N-dealkylation sites (tertiary alicyclic amines) is 1. The Morgan fingerprint density at radius 3 is 3.11 bits per heavy atom. The van der Waals surface area contributed by atoms with Gasteiger partial charge in [-0.15, -0.1) is 0 Å². The van der Waals surface area contributed by atoms with E-state index in [4.69, 9.17) is 4.74 Å². The summed E-state index contributed by atoms with van der Waals surface area (Å²) in [7, 11) is 1.61. The number of methoxy groups -OCH3 is 1. The molecule has 0 radical (unpaired) electrons. The van der Waals surface area contributed by atoms with Crippen molar-refractivity contribution in [2.75, 3.05) is 20.3 Å². The molecular formula is C14H19NO3. The largest absolute Gasteiger partial charge is 0.497 e. The molecule has 4 heteroatoms. The number of nitrogens with zero attached hydrogens (tertiary/aromatic N) is 1. The Kier molecular flexibility index (Phi) is 4.20. The van der Waals surface area contributed by atoms with Gasteiger partial charge in [-0.2, -0.15) is 0 Å². The lowest BCUT2D eigenvalue weighted by Crippen LogP contribution is -2.38. The van der Waals surface area contributed by atoms with Gasteiger partial charge in [0.1, 0.15) is 5.75 Å². The highest BCUT2D eigenvalue weighted by Crippen LogP contribution is 2.19. The molecule has 0 saturated carbocycles. The number of rotatable bonds is 4. The maximum atomic E-state index is 12.2. The van der Waals surface area contributed by atoms with E-state index in [0.717, 1.165) is 30.7 Å². The SMILES string of the molecule is COc1cccc(CC(=O)N2CCC[C@@H]2CO)c1. The molecule has 0 aliphatic carbocycles. The average Bonchev–Trinajstić information content (AvgIpc) is 2.87. The van der Waals surface area contributed by atoms with Crippen LogP contribution in [0.2, 0.25) is 0 Å². The summed E-state index contributed by atoms with van der Waals surface area (Å²) in [4.78, 5) is 13.9. The van der Waals surface area contributed by atoms with Crippen molar-refractivity contribution in [2.24, 2.45) is 0 Å². The molecule has 0 aromatic heterocycles. The van der Waals surface area contributed by atoms with E-state index in [1.165, 1.54) is 0 Å². The van der Waals surface area contributed by atoms with Gasteiger partial charge in [0, 0.05) is 6.54 Å². The molecule has 0 unspecified atom stereocenters. The molecule has 18 heavy (non-hydrogen) atoms. The summed E-state index contributed by atoms with van der Waals surface area (Å²) in [5, 5.41) is 9.22. The van der Waals surface area contributed by atoms with E-state index in [1.54, 1.807) is 12.0 Å². The number of hydrogen-bond acceptors (Lipinski definition) is 3. The van der Waals surface area contributed by atoms with Crippen molar-refractivity contribution in [1.29, 1.82) is 0 Å². The lowest BCUT2D eigenvalue weighted by atomic mass is 10.1. The Morgan fingerprint density at radius 1 is 1.56 bits per heavy atom. The van der Waals surface area contributed by atoms with Gasteiger partial charge >= 0.3 is 0 Å². The van der Waals surface area contributed by atoms with Crippen LogP contribution in [0.25, 0.3) is 0 Å². The summed E-state index contributed by atoms with van der Waals surface area (Å²) >= 11 is 0. The zero-order chi connectivity index (χ0) is 13.0. The van der Waals surface area contributed by atoms with Crippen molar-refractivity contribution in [1.82, 2.24) is 4.90 Å². The van der Waals surface area contributed by atoms with Gasteiger partial charge in [0.25, 0.3) is 0 Å². The lowest BCUT2D eigenvalue weighted by Gasteiger charge is -2.23. The van der Waals surface area contributed by atoms with Crippen LogP contribution in [0.3, 0.4) is 0 Å². The summed E-state index contributed by atoms with van der Waals surface area (Å²) in [5.74, 6) is 0.847. The number of aliphatic hydroxyl groups excluding tert-OH is 1. The number of benzene rings is 1. The highest BCUT2D eigenvalue weighted by atomic mass is 16.5. The lowest BCUT2D eigenvalue weighted by molar-refractivity contribution is -0.131. The van der Waals surface area contributed by atoms with E-state index in [2.05, 4.69) is 0 Å². The first-order chi connectivity index (χ1) is 8.74. The molecule has 0 bridgehead atoms. The maximum Gasteiger partial charge on any atom is 0.227 e. The second-order valence-corrected chi connectivity index (χ2v) is 4.59. The van der Waals surface area contributed by atoms with Crippen LogP contribution in [0, 0.1) is 0 Å². The Hall–Kier alpha value is -1.55. The standard InChI is InChI=1S/C14H19NO3/c1-18-13-6-2-4-11(8-13)9-14(17)15-7-3-5-12(15)10-16/h2,4,6,8,12,16H,3,5,7,9-10H2,1H3/t12-/m1/s1. The van der Waals surface area contributed by atoms with Crippen molar-refractivity contribution < 1.29 is 14.6 Å². The molecule has 1 fully saturated rings. The Balaban J connectivity index is 2.02. The predicted molar refractivity (Wildman–Crippen MR) is 68.5 cm³/mol. The Morgan fingerprint density at radius 2 is 2.39 bits per heavy atom. The van der Waals surface area contributed by atoms with Gasteiger partial charge in [0.15, 0.2) is 0 Å². The van der Waals surface area contributed by atoms with Crippen molar-refractivity contribution in [3.05, 3.63) is 29.8 Å². The fourth-order valence-corrected chi connectivity index (χ4v) is 2.41. The number of amides is 1. The summed E-state index contributed by atoms with van der Waals surface area (Å²) in [6.45, 7) is 0.817. The van der Waals surface area contributed by atoms with E-state index in [9.17, 15) is 9.90 Å². The zero-order valence-corrected chi connectivity index (χ0v) is 10.6. The minimum Gasteiger partial charge on any atom is -0.497 e. The third-order valence-corrected chi connectivity index (χ3v) is 3.40. The summed E-state index contributed by atoms with van der Waals surface area (Å²) in [6.07, 6.45) is 2.25. The molecule has 1 heterocycles. The second kappa shape index (κ2) is 5.87. The molecule has 0 spiro atoms. The van der Waals surface area contributed by atoms with Gasteiger partial charge < -0.3 is 14.7 Å². The number of ether oxygens (including phenoxy) is 1. The first-order valence-corrected chi connectivity index (χ1v) is 6.28. The quantitative estimate of drug-likeness (QED) is 0.873. The predicted octanol–water partition coefficient (Wildman–Crippen LogP) is 1.22. The molecule has 1 aromatic carbocycles. The minimum atomic E-state index is 0.00288. The molecule has 1 saturated heterocycles. The molecule has 1 N–H and O–H groups in total. The fraction of sp³-hybridized carbons (Fsp3) is 0.500. The monoisotopic (exact) mass is 249 g/mol. The summed E-state index contributed by atoms with van der Waals surface area (Å²) in [5.41, 5.74) is 0.947. The van der Waals surface area contributed by atoms with Crippen molar-refractivity contribution in [3.63, 3.8) is 0 Å². The second-order valence-electron chi connectivity index (χ2n) is 4.59. The van der Waals surface area contributed by atoms with E-state index >= 15 is 0 Å². The third kappa shape index (κ3) is 2.82. The average molecular weight is 249 g/mol. The highest BCUT2D eigenvalue weighted by Gasteiger charge is 2.27. The highest BCUT2D eigenvalue weighted by molar-refractivity contribution is 5.79. The van der Waals surface area contributed by atoms with Crippen LogP contribution in [-0.2, 0) is 11.2 Å². The van der Waals surface area contributed by atoms with Crippen LogP contribution in [-0.4, -0.2) is 42.2 Å². The van der Waals surface area contributed by atoms with Crippen LogP contribution < -0.4 is 4.74 Å². The minimum absolute atomic E-state index is 0.00288. The van der Waals surface area contributed by atoms with Crippen molar-refractivity contribution in [3.8, 4) is 5.75 Å². The van der Waals surface area contributed by atoms with Crippen LogP contribution >= 0.6 is 0 Å². The van der Waals surface area contributed by atoms with E-state index in [-0.39, 0.29) is 18.6 Å². The molecule has 1 aliphatic rings. The third-order valence-electron chi connectivity index (χ3n) is 3.40.